The van der Waals surface area contributed by atoms with Crippen molar-refractivity contribution in [1.82, 2.24) is 9.97 Å². The first kappa shape index (κ1) is 15.1. The Labute approximate surface area is 123 Å². The monoisotopic (exact) mass is 276 g/mol. The van der Waals surface area contributed by atoms with Crippen molar-refractivity contribution in [3.8, 4) is 0 Å². The van der Waals surface area contributed by atoms with Crippen LogP contribution in [0, 0.1) is 12.8 Å². The minimum Gasteiger partial charge on any atom is -0.373 e. The van der Waals surface area contributed by atoms with Crippen LogP contribution in [0.4, 0.5) is 11.6 Å². The molecule has 2 rings (SSSR count). The Kier molecular flexibility index (Phi) is 4.51. The van der Waals surface area contributed by atoms with Crippen molar-refractivity contribution < 1.29 is 0 Å². The van der Waals surface area contributed by atoms with Crippen LogP contribution in [0.5, 0.6) is 0 Å². The zero-order valence-corrected chi connectivity index (χ0v) is 13.7. The largest absolute Gasteiger partial charge is 0.373 e. The highest BCUT2D eigenvalue weighted by atomic mass is 15.2. The molecule has 0 saturated carbocycles. The summed E-state index contributed by atoms with van der Waals surface area (Å²) in [5.41, 5.74) is 1.16. The van der Waals surface area contributed by atoms with E-state index < -0.39 is 0 Å². The van der Waals surface area contributed by atoms with Crippen molar-refractivity contribution in [1.29, 1.82) is 0 Å². The van der Waals surface area contributed by atoms with Gasteiger partial charge in [0.1, 0.15) is 17.5 Å². The molecule has 2 heterocycles. The average Bonchev–Trinajstić information content (AvgIpc) is 2.42. The van der Waals surface area contributed by atoms with Crippen molar-refractivity contribution in [3.05, 3.63) is 11.4 Å². The van der Waals surface area contributed by atoms with E-state index >= 15 is 0 Å². The topological polar surface area (TPSA) is 41.1 Å². The molecule has 0 radical (unpaired) electrons. The summed E-state index contributed by atoms with van der Waals surface area (Å²) in [4.78, 5) is 12.0. The third-order valence-corrected chi connectivity index (χ3v) is 4.54. The van der Waals surface area contributed by atoms with Gasteiger partial charge in [0.25, 0.3) is 0 Å². The second kappa shape index (κ2) is 5.98. The van der Waals surface area contributed by atoms with E-state index in [0.29, 0.717) is 12.0 Å². The highest BCUT2D eigenvalue weighted by Crippen LogP contribution is 2.32. The molecule has 0 spiro atoms. The van der Waals surface area contributed by atoms with E-state index in [-0.39, 0.29) is 0 Å². The summed E-state index contributed by atoms with van der Waals surface area (Å²) in [6, 6.07) is 0.544. The second-order valence-corrected chi connectivity index (χ2v) is 6.34. The fraction of sp³-hybridized carbons (Fsp3) is 0.750. The van der Waals surface area contributed by atoms with Crippen LogP contribution in [0.2, 0.25) is 0 Å². The van der Waals surface area contributed by atoms with E-state index in [1.54, 1.807) is 0 Å². The highest BCUT2D eigenvalue weighted by Gasteiger charge is 2.28. The van der Waals surface area contributed by atoms with Crippen molar-refractivity contribution >= 4 is 11.6 Å². The summed E-state index contributed by atoms with van der Waals surface area (Å²) in [6.07, 6.45) is 2.57. The van der Waals surface area contributed by atoms with Gasteiger partial charge in [0.15, 0.2) is 0 Å². The van der Waals surface area contributed by atoms with Crippen LogP contribution in [-0.2, 0) is 0 Å². The minimum atomic E-state index is 0.346. The lowest BCUT2D eigenvalue weighted by Gasteiger charge is -2.39. The predicted molar refractivity (Wildman–Crippen MR) is 85.6 cm³/mol. The van der Waals surface area contributed by atoms with Gasteiger partial charge in [-0.3, -0.25) is 0 Å². The van der Waals surface area contributed by atoms with Crippen LogP contribution in [0.25, 0.3) is 0 Å². The molecular formula is C16H28N4. The maximum atomic E-state index is 4.86. The molecule has 2 unspecified atom stereocenters. The van der Waals surface area contributed by atoms with Gasteiger partial charge < -0.3 is 10.2 Å². The third-order valence-electron chi connectivity index (χ3n) is 4.54. The molecule has 0 amide bonds. The van der Waals surface area contributed by atoms with Crippen molar-refractivity contribution in [2.24, 2.45) is 5.92 Å². The van der Waals surface area contributed by atoms with Crippen LogP contribution < -0.4 is 10.2 Å². The molecule has 0 aromatic carbocycles. The number of nitrogens with one attached hydrogen (secondary N) is 1. The third kappa shape index (κ3) is 2.74. The zero-order chi connectivity index (χ0) is 14.9. The van der Waals surface area contributed by atoms with Gasteiger partial charge in [-0.05, 0) is 32.6 Å². The minimum absolute atomic E-state index is 0.346. The first-order valence-electron chi connectivity index (χ1n) is 7.78. The van der Waals surface area contributed by atoms with Gasteiger partial charge in [-0.25, -0.2) is 9.97 Å². The Morgan fingerprint density at radius 2 is 1.95 bits per heavy atom. The Morgan fingerprint density at radius 1 is 1.25 bits per heavy atom. The smallest absolute Gasteiger partial charge is 0.137 e. The number of aromatic nitrogens is 2. The van der Waals surface area contributed by atoms with Crippen LogP contribution in [0.3, 0.4) is 0 Å². The second-order valence-electron chi connectivity index (χ2n) is 6.34. The van der Waals surface area contributed by atoms with Gasteiger partial charge in [-0.15, -0.1) is 0 Å². The molecule has 1 aliphatic rings. The maximum absolute atomic E-state index is 4.86. The van der Waals surface area contributed by atoms with Crippen molar-refractivity contribution in [2.45, 2.75) is 59.4 Å². The van der Waals surface area contributed by atoms with Gasteiger partial charge in [-0.2, -0.15) is 0 Å². The molecule has 1 N–H and O–H groups in total. The summed E-state index contributed by atoms with van der Waals surface area (Å²) in [7, 11) is 1.94. The standard InChI is InChI=1S/C16H28N4/c1-10(2)14-18-15(17-6)12(4)16(19-14)20-9-7-8-11(3)13(20)5/h10-11,13H,7-9H2,1-6H3,(H,17,18,19). The number of hydrogen-bond donors (Lipinski definition) is 1. The molecule has 1 aliphatic heterocycles. The van der Waals surface area contributed by atoms with E-state index in [0.717, 1.165) is 35.5 Å². The van der Waals surface area contributed by atoms with Crippen LogP contribution >= 0.6 is 0 Å². The summed E-state index contributed by atoms with van der Waals surface area (Å²) < 4.78 is 0. The summed E-state index contributed by atoms with van der Waals surface area (Å²) >= 11 is 0. The quantitative estimate of drug-likeness (QED) is 0.916. The first-order valence-corrected chi connectivity index (χ1v) is 7.78. The van der Waals surface area contributed by atoms with E-state index in [2.05, 4.69) is 49.8 Å². The Morgan fingerprint density at radius 3 is 2.55 bits per heavy atom. The van der Waals surface area contributed by atoms with Gasteiger partial charge >= 0.3 is 0 Å². The Hall–Kier alpha value is -1.32. The predicted octanol–water partition coefficient (Wildman–Crippen LogP) is 3.57. The fourth-order valence-electron chi connectivity index (χ4n) is 2.94. The fourth-order valence-corrected chi connectivity index (χ4v) is 2.94. The molecule has 20 heavy (non-hydrogen) atoms. The zero-order valence-electron chi connectivity index (χ0n) is 13.7. The number of rotatable bonds is 3. The number of anilines is 2. The number of piperidine rings is 1. The molecule has 2 atom stereocenters. The SMILES string of the molecule is CNc1nc(C(C)C)nc(N2CCCC(C)C2C)c1C. The van der Waals surface area contributed by atoms with Crippen LogP contribution in [-0.4, -0.2) is 29.6 Å². The molecule has 4 nitrogen and oxygen atoms in total. The first-order chi connectivity index (χ1) is 9.45. The Bertz CT molecular complexity index is 470. The Balaban J connectivity index is 2.46. The lowest BCUT2D eigenvalue weighted by Crippen LogP contribution is -2.43. The van der Waals surface area contributed by atoms with Gasteiger partial charge in [-0.1, -0.05) is 20.8 Å². The molecule has 0 aliphatic carbocycles. The molecule has 4 heteroatoms. The highest BCUT2D eigenvalue weighted by molar-refractivity contribution is 5.59. The molecule has 1 saturated heterocycles. The number of hydrogen-bond acceptors (Lipinski definition) is 4. The van der Waals surface area contributed by atoms with Crippen LogP contribution in [0.1, 0.15) is 57.8 Å². The van der Waals surface area contributed by atoms with E-state index in [4.69, 9.17) is 4.98 Å². The van der Waals surface area contributed by atoms with Crippen molar-refractivity contribution in [2.75, 3.05) is 23.8 Å². The van der Waals surface area contributed by atoms with E-state index in [9.17, 15) is 0 Å². The van der Waals surface area contributed by atoms with Gasteiger partial charge in [0, 0.05) is 31.1 Å². The average molecular weight is 276 g/mol. The summed E-state index contributed by atoms with van der Waals surface area (Å²) in [5.74, 6) is 4.08. The maximum Gasteiger partial charge on any atom is 0.137 e. The van der Waals surface area contributed by atoms with Gasteiger partial charge in [0.2, 0.25) is 0 Å². The lowest BCUT2D eigenvalue weighted by atomic mass is 9.92. The van der Waals surface area contributed by atoms with E-state index in [1.807, 2.05) is 7.05 Å². The van der Waals surface area contributed by atoms with Crippen LogP contribution in [0.15, 0.2) is 0 Å². The normalized spacial score (nSPS) is 23.2. The van der Waals surface area contributed by atoms with Crippen molar-refractivity contribution in [3.63, 3.8) is 0 Å². The van der Waals surface area contributed by atoms with E-state index in [1.165, 1.54) is 12.8 Å². The summed E-state index contributed by atoms with van der Waals surface area (Å²) in [5, 5.41) is 3.22. The molecule has 1 aromatic heterocycles. The molecule has 1 aromatic rings. The molecule has 0 bridgehead atoms. The van der Waals surface area contributed by atoms with Gasteiger partial charge in [0.05, 0.1) is 0 Å². The molecule has 1 fully saturated rings. The molecular weight excluding hydrogens is 248 g/mol. The number of nitrogens with zero attached hydrogens (tertiary/aromatic N) is 3. The lowest BCUT2D eigenvalue weighted by molar-refractivity contribution is 0.361. The summed E-state index contributed by atoms with van der Waals surface area (Å²) in [6.45, 7) is 12.2. The molecule has 112 valence electrons.